The van der Waals surface area contributed by atoms with E-state index in [9.17, 15) is 0 Å². The van der Waals surface area contributed by atoms with E-state index in [2.05, 4.69) is 63.1 Å². The molecule has 5 nitrogen and oxygen atoms in total. The van der Waals surface area contributed by atoms with Crippen molar-refractivity contribution in [2.75, 3.05) is 19.6 Å². The lowest BCUT2D eigenvalue weighted by Crippen LogP contribution is -2.35. The lowest BCUT2D eigenvalue weighted by Gasteiger charge is -2.29. The lowest BCUT2D eigenvalue weighted by molar-refractivity contribution is 0.200. The average molecular weight is 408 g/mol. The molecule has 5 heteroatoms. The molecule has 3 aromatic heterocycles. The summed E-state index contributed by atoms with van der Waals surface area (Å²) in [6.45, 7) is 3.90. The number of nitriles is 1. The lowest BCUT2D eigenvalue weighted by atomic mass is 9.99. The van der Waals surface area contributed by atoms with Gasteiger partial charge in [-0.1, -0.05) is 30.3 Å². The smallest absolute Gasteiger partial charge is 0.0959 e. The first kappa shape index (κ1) is 19.5. The molecule has 1 aliphatic heterocycles. The molecular weight excluding hydrogens is 382 g/mol. The van der Waals surface area contributed by atoms with Crippen LogP contribution in [0.15, 0.2) is 73.3 Å². The second-order valence-corrected chi connectivity index (χ2v) is 8.18. The van der Waals surface area contributed by atoms with Crippen LogP contribution in [-0.4, -0.2) is 39.1 Å². The summed E-state index contributed by atoms with van der Waals surface area (Å²) >= 11 is 0. The molecule has 31 heavy (non-hydrogen) atoms. The van der Waals surface area contributed by atoms with Crippen LogP contribution in [0.25, 0.3) is 33.3 Å². The number of benzene rings is 1. The zero-order chi connectivity index (χ0) is 21.0. The molecule has 0 unspecified atom stereocenters. The number of piperidine rings is 1. The summed E-state index contributed by atoms with van der Waals surface area (Å²) in [5.41, 5.74) is 6.62. The van der Waals surface area contributed by atoms with Crippen LogP contribution in [-0.2, 0) is 6.54 Å². The third-order valence-electron chi connectivity index (χ3n) is 6.22. The van der Waals surface area contributed by atoms with E-state index >= 15 is 0 Å². The van der Waals surface area contributed by atoms with Crippen molar-refractivity contribution in [3.05, 3.63) is 73.3 Å². The first-order valence-electron chi connectivity index (χ1n) is 10.9. The SMILES string of the molecule is N#CC1CCN(CCn2cc(-c3cncc(-c4ccccc4)c3)c3ncccc32)CC1. The Balaban J connectivity index is 1.43. The molecule has 0 amide bonds. The molecule has 4 aromatic rings. The highest BCUT2D eigenvalue weighted by Crippen LogP contribution is 2.31. The molecule has 0 radical (unpaired) electrons. The number of hydrogen-bond acceptors (Lipinski definition) is 4. The van der Waals surface area contributed by atoms with Crippen LogP contribution in [0.1, 0.15) is 12.8 Å². The van der Waals surface area contributed by atoms with Crippen LogP contribution in [0, 0.1) is 17.2 Å². The molecule has 0 spiro atoms. The minimum atomic E-state index is 0.226. The Morgan fingerprint density at radius 2 is 1.74 bits per heavy atom. The normalized spacial score (nSPS) is 15.2. The zero-order valence-corrected chi connectivity index (χ0v) is 17.5. The van der Waals surface area contributed by atoms with Crippen molar-refractivity contribution in [2.24, 2.45) is 5.92 Å². The quantitative estimate of drug-likeness (QED) is 0.467. The van der Waals surface area contributed by atoms with Gasteiger partial charge in [-0.05, 0) is 49.7 Å². The van der Waals surface area contributed by atoms with E-state index in [4.69, 9.17) is 10.2 Å². The van der Waals surface area contributed by atoms with Crippen LogP contribution in [0.2, 0.25) is 0 Å². The maximum atomic E-state index is 9.12. The van der Waals surface area contributed by atoms with Gasteiger partial charge in [0, 0.05) is 60.5 Å². The maximum Gasteiger partial charge on any atom is 0.0959 e. The average Bonchev–Trinajstić information content (AvgIpc) is 3.22. The second kappa shape index (κ2) is 8.71. The molecule has 154 valence electrons. The van der Waals surface area contributed by atoms with Gasteiger partial charge in [0.25, 0.3) is 0 Å². The van der Waals surface area contributed by atoms with E-state index < -0.39 is 0 Å². The predicted octanol–water partition coefficient (Wildman–Crippen LogP) is 5.00. The molecule has 1 aromatic carbocycles. The van der Waals surface area contributed by atoms with Crippen molar-refractivity contribution in [1.82, 2.24) is 19.4 Å². The topological polar surface area (TPSA) is 57.7 Å². The van der Waals surface area contributed by atoms with Crippen molar-refractivity contribution in [2.45, 2.75) is 19.4 Å². The summed E-state index contributed by atoms with van der Waals surface area (Å²) in [5.74, 6) is 0.226. The van der Waals surface area contributed by atoms with Gasteiger partial charge in [0.05, 0.1) is 17.1 Å². The van der Waals surface area contributed by atoms with Crippen LogP contribution < -0.4 is 0 Å². The fourth-order valence-corrected chi connectivity index (χ4v) is 4.43. The standard InChI is InChI=1S/C26H25N5/c27-16-20-8-11-30(12-9-20)13-14-31-19-24(26-25(31)7-4-10-29-26)23-15-22(17-28-18-23)21-5-2-1-3-6-21/h1-7,10,15,17-20H,8-9,11-14H2. The summed E-state index contributed by atoms with van der Waals surface area (Å²) in [6, 6.07) is 19.1. The molecule has 1 aliphatic rings. The Bertz CT molecular complexity index is 1210. The van der Waals surface area contributed by atoms with Gasteiger partial charge >= 0.3 is 0 Å². The van der Waals surface area contributed by atoms with E-state index in [0.717, 1.165) is 72.3 Å². The van der Waals surface area contributed by atoms with E-state index in [1.165, 1.54) is 0 Å². The van der Waals surface area contributed by atoms with E-state index in [1.807, 2.05) is 30.7 Å². The van der Waals surface area contributed by atoms with Gasteiger partial charge in [-0.25, -0.2) is 0 Å². The van der Waals surface area contributed by atoms with E-state index in [1.54, 1.807) is 0 Å². The summed E-state index contributed by atoms with van der Waals surface area (Å²) in [5, 5.41) is 9.12. The van der Waals surface area contributed by atoms with Crippen molar-refractivity contribution in [3.8, 4) is 28.3 Å². The van der Waals surface area contributed by atoms with Gasteiger partial charge in [-0.15, -0.1) is 0 Å². The molecule has 0 atom stereocenters. The van der Waals surface area contributed by atoms with Gasteiger partial charge < -0.3 is 9.47 Å². The van der Waals surface area contributed by atoms with Crippen LogP contribution >= 0.6 is 0 Å². The van der Waals surface area contributed by atoms with Gasteiger partial charge in [0.2, 0.25) is 0 Å². The maximum absolute atomic E-state index is 9.12. The molecule has 0 saturated carbocycles. The Kier molecular flexibility index (Phi) is 5.47. The fraction of sp³-hybridized carbons (Fsp3) is 0.269. The molecule has 0 aliphatic carbocycles. The number of hydrogen-bond donors (Lipinski definition) is 0. The van der Waals surface area contributed by atoms with Gasteiger partial charge in [0.15, 0.2) is 0 Å². The summed E-state index contributed by atoms with van der Waals surface area (Å²) in [6.07, 6.45) is 9.87. The third kappa shape index (κ3) is 4.08. The Morgan fingerprint density at radius 1 is 0.935 bits per heavy atom. The molecule has 4 heterocycles. The van der Waals surface area contributed by atoms with Crippen LogP contribution in [0.5, 0.6) is 0 Å². The molecule has 1 fully saturated rings. The Morgan fingerprint density at radius 3 is 2.55 bits per heavy atom. The number of nitrogens with zero attached hydrogens (tertiary/aromatic N) is 5. The van der Waals surface area contributed by atoms with Crippen molar-refractivity contribution in [3.63, 3.8) is 0 Å². The van der Waals surface area contributed by atoms with E-state index in [-0.39, 0.29) is 5.92 Å². The van der Waals surface area contributed by atoms with Gasteiger partial charge in [-0.3, -0.25) is 9.97 Å². The highest BCUT2D eigenvalue weighted by Gasteiger charge is 2.19. The van der Waals surface area contributed by atoms with Crippen molar-refractivity contribution >= 4 is 11.0 Å². The Hall–Kier alpha value is -3.49. The zero-order valence-electron chi connectivity index (χ0n) is 17.5. The number of pyridine rings is 2. The predicted molar refractivity (Wildman–Crippen MR) is 123 cm³/mol. The van der Waals surface area contributed by atoms with Crippen LogP contribution in [0.3, 0.4) is 0 Å². The number of fused-ring (bicyclic) bond motifs is 1. The highest BCUT2D eigenvalue weighted by molar-refractivity contribution is 5.93. The largest absolute Gasteiger partial charge is 0.344 e. The monoisotopic (exact) mass is 407 g/mol. The number of aromatic nitrogens is 3. The van der Waals surface area contributed by atoms with Gasteiger partial charge in [0.1, 0.15) is 0 Å². The molecular formula is C26H25N5. The highest BCUT2D eigenvalue weighted by atomic mass is 15.2. The number of rotatable bonds is 5. The van der Waals surface area contributed by atoms with Crippen LogP contribution in [0.4, 0.5) is 0 Å². The van der Waals surface area contributed by atoms with Gasteiger partial charge in [-0.2, -0.15) is 5.26 Å². The summed E-state index contributed by atoms with van der Waals surface area (Å²) in [7, 11) is 0. The third-order valence-corrected chi connectivity index (χ3v) is 6.22. The molecule has 5 rings (SSSR count). The minimum Gasteiger partial charge on any atom is -0.344 e. The fourth-order valence-electron chi connectivity index (χ4n) is 4.43. The van der Waals surface area contributed by atoms with Crippen molar-refractivity contribution in [1.29, 1.82) is 5.26 Å². The first-order valence-corrected chi connectivity index (χ1v) is 10.9. The number of likely N-dealkylation sites (tertiary alicyclic amines) is 1. The Labute approximate surface area is 182 Å². The molecule has 0 bridgehead atoms. The summed E-state index contributed by atoms with van der Waals surface area (Å²) in [4.78, 5) is 11.7. The molecule has 1 saturated heterocycles. The summed E-state index contributed by atoms with van der Waals surface area (Å²) < 4.78 is 2.31. The minimum absolute atomic E-state index is 0.226. The van der Waals surface area contributed by atoms with Crippen molar-refractivity contribution < 1.29 is 0 Å². The second-order valence-electron chi connectivity index (χ2n) is 8.18. The molecule has 0 N–H and O–H groups in total. The first-order chi connectivity index (χ1) is 15.3. The van der Waals surface area contributed by atoms with E-state index in [0.29, 0.717) is 0 Å².